The van der Waals surface area contributed by atoms with Crippen molar-refractivity contribution in [2.45, 2.75) is 38.8 Å². The lowest BCUT2D eigenvalue weighted by Gasteiger charge is -2.34. The minimum Gasteiger partial charge on any atom is -0.377 e. The Labute approximate surface area is 114 Å². The molecule has 0 aromatic carbocycles. The second-order valence-corrected chi connectivity index (χ2v) is 5.00. The van der Waals surface area contributed by atoms with Gasteiger partial charge in [-0.1, -0.05) is 13.8 Å². The summed E-state index contributed by atoms with van der Waals surface area (Å²) in [6, 6.07) is -0.0542. The number of nitrogens with one attached hydrogen (secondary N) is 2. The maximum atomic E-state index is 12.1. The lowest BCUT2D eigenvalue weighted by atomic mass is 10.1. The molecule has 1 fully saturated rings. The van der Waals surface area contributed by atoms with Gasteiger partial charge in [0.05, 0.1) is 13.2 Å². The average Bonchev–Trinajstić information content (AvgIpc) is 2.42. The number of hydrogen-bond donors (Lipinski definition) is 2. The number of morpholine rings is 1. The van der Waals surface area contributed by atoms with Gasteiger partial charge in [0.2, 0.25) is 11.8 Å². The van der Waals surface area contributed by atoms with Gasteiger partial charge in [0.1, 0.15) is 6.04 Å². The van der Waals surface area contributed by atoms with Crippen LogP contribution in [-0.2, 0) is 14.3 Å². The molecule has 110 valence electrons. The standard InChI is InChI=1S/C13H25N3O3/c1-10(2)15-6-4-5-12(17)16-7-8-19-9-11(16)13(18)14-3/h10-11,15H,4-9H2,1-3H3,(H,14,18). The first-order valence-electron chi connectivity index (χ1n) is 6.88. The van der Waals surface area contributed by atoms with Crippen LogP contribution >= 0.6 is 0 Å². The van der Waals surface area contributed by atoms with Crippen LogP contribution in [0.4, 0.5) is 0 Å². The molecular weight excluding hydrogens is 246 g/mol. The molecule has 6 heteroatoms. The van der Waals surface area contributed by atoms with E-state index in [-0.39, 0.29) is 18.4 Å². The molecule has 1 unspecified atom stereocenters. The summed E-state index contributed by atoms with van der Waals surface area (Å²) >= 11 is 0. The molecule has 1 atom stereocenters. The molecule has 0 spiro atoms. The van der Waals surface area contributed by atoms with Gasteiger partial charge in [0.15, 0.2) is 0 Å². The Morgan fingerprint density at radius 1 is 1.42 bits per heavy atom. The molecule has 0 saturated carbocycles. The normalized spacial score (nSPS) is 19.6. The van der Waals surface area contributed by atoms with Crippen molar-refractivity contribution in [3.63, 3.8) is 0 Å². The number of rotatable bonds is 6. The quantitative estimate of drug-likeness (QED) is 0.653. The summed E-state index contributed by atoms with van der Waals surface area (Å²) in [6.45, 7) is 6.25. The lowest BCUT2D eigenvalue weighted by Crippen LogP contribution is -2.55. The number of ether oxygens (including phenoxy) is 1. The topological polar surface area (TPSA) is 70.7 Å². The van der Waals surface area contributed by atoms with E-state index in [2.05, 4.69) is 24.5 Å². The summed E-state index contributed by atoms with van der Waals surface area (Å²) < 4.78 is 5.28. The van der Waals surface area contributed by atoms with Gasteiger partial charge in [-0.3, -0.25) is 9.59 Å². The summed E-state index contributed by atoms with van der Waals surface area (Å²) in [5.41, 5.74) is 0. The van der Waals surface area contributed by atoms with E-state index in [4.69, 9.17) is 4.74 Å². The molecule has 1 aliphatic rings. The monoisotopic (exact) mass is 271 g/mol. The van der Waals surface area contributed by atoms with Crippen LogP contribution in [0.3, 0.4) is 0 Å². The SMILES string of the molecule is CNC(=O)C1COCCN1C(=O)CCCNC(C)C. The molecule has 1 saturated heterocycles. The molecule has 6 nitrogen and oxygen atoms in total. The molecule has 1 heterocycles. The van der Waals surface area contributed by atoms with Gasteiger partial charge in [-0.25, -0.2) is 0 Å². The van der Waals surface area contributed by atoms with Crippen molar-refractivity contribution >= 4 is 11.8 Å². The summed E-state index contributed by atoms with van der Waals surface area (Å²) in [5.74, 6) is -0.129. The van der Waals surface area contributed by atoms with E-state index >= 15 is 0 Å². The number of likely N-dealkylation sites (N-methyl/N-ethyl adjacent to an activating group) is 1. The molecule has 1 aliphatic heterocycles. The Bertz CT molecular complexity index is 308. The van der Waals surface area contributed by atoms with Gasteiger partial charge in [-0.2, -0.15) is 0 Å². The van der Waals surface area contributed by atoms with Crippen LogP contribution in [0.25, 0.3) is 0 Å². The van der Waals surface area contributed by atoms with Crippen molar-refractivity contribution in [1.29, 1.82) is 0 Å². The second-order valence-electron chi connectivity index (χ2n) is 5.00. The largest absolute Gasteiger partial charge is 0.377 e. The fourth-order valence-corrected chi connectivity index (χ4v) is 2.06. The van der Waals surface area contributed by atoms with Gasteiger partial charge >= 0.3 is 0 Å². The van der Waals surface area contributed by atoms with Gasteiger partial charge in [-0.15, -0.1) is 0 Å². The zero-order valence-electron chi connectivity index (χ0n) is 12.1. The molecule has 0 radical (unpaired) electrons. The Kier molecular flexibility index (Phi) is 6.80. The van der Waals surface area contributed by atoms with Crippen molar-refractivity contribution in [2.75, 3.05) is 33.4 Å². The zero-order valence-corrected chi connectivity index (χ0v) is 12.1. The van der Waals surface area contributed by atoms with Crippen LogP contribution in [0.5, 0.6) is 0 Å². The van der Waals surface area contributed by atoms with Crippen molar-refractivity contribution in [3.05, 3.63) is 0 Å². The van der Waals surface area contributed by atoms with Crippen molar-refractivity contribution < 1.29 is 14.3 Å². The molecule has 0 bridgehead atoms. The number of carbonyl (C=O) groups is 2. The molecule has 2 amide bonds. The molecule has 19 heavy (non-hydrogen) atoms. The number of hydrogen-bond acceptors (Lipinski definition) is 4. The molecule has 0 aromatic rings. The Morgan fingerprint density at radius 2 is 2.16 bits per heavy atom. The van der Waals surface area contributed by atoms with E-state index in [0.717, 1.165) is 13.0 Å². The second kappa shape index (κ2) is 8.12. The molecular formula is C13H25N3O3. The van der Waals surface area contributed by atoms with E-state index in [0.29, 0.717) is 25.6 Å². The fourth-order valence-electron chi connectivity index (χ4n) is 2.06. The van der Waals surface area contributed by atoms with Crippen molar-refractivity contribution in [3.8, 4) is 0 Å². The molecule has 0 aliphatic carbocycles. The van der Waals surface area contributed by atoms with E-state index in [1.54, 1.807) is 11.9 Å². The van der Waals surface area contributed by atoms with Gasteiger partial charge in [0, 0.05) is 26.1 Å². The first kappa shape index (κ1) is 15.9. The highest BCUT2D eigenvalue weighted by atomic mass is 16.5. The highest BCUT2D eigenvalue weighted by Gasteiger charge is 2.31. The van der Waals surface area contributed by atoms with Crippen molar-refractivity contribution in [2.24, 2.45) is 0 Å². The van der Waals surface area contributed by atoms with E-state index < -0.39 is 6.04 Å². The van der Waals surface area contributed by atoms with Crippen LogP contribution in [0.2, 0.25) is 0 Å². The molecule has 2 N–H and O–H groups in total. The van der Waals surface area contributed by atoms with Crippen LogP contribution in [0.15, 0.2) is 0 Å². The Balaban J connectivity index is 2.41. The van der Waals surface area contributed by atoms with Crippen LogP contribution in [0.1, 0.15) is 26.7 Å². The lowest BCUT2D eigenvalue weighted by molar-refractivity contribution is -0.148. The Hall–Kier alpha value is -1.14. The number of nitrogens with zero attached hydrogens (tertiary/aromatic N) is 1. The van der Waals surface area contributed by atoms with Crippen LogP contribution < -0.4 is 10.6 Å². The maximum Gasteiger partial charge on any atom is 0.244 e. The van der Waals surface area contributed by atoms with Crippen molar-refractivity contribution in [1.82, 2.24) is 15.5 Å². The maximum absolute atomic E-state index is 12.1. The van der Waals surface area contributed by atoms with Gasteiger partial charge < -0.3 is 20.3 Å². The zero-order chi connectivity index (χ0) is 14.3. The third kappa shape index (κ3) is 5.16. The van der Waals surface area contributed by atoms with Gasteiger partial charge in [0.25, 0.3) is 0 Å². The van der Waals surface area contributed by atoms with E-state index in [1.807, 2.05) is 0 Å². The minimum atomic E-state index is -0.482. The average molecular weight is 271 g/mol. The summed E-state index contributed by atoms with van der Waals surface area (Å²) in [6.07, 6.45) is 1.25. The predicted molar refractivity (Wildman–Crippen MR) is 72.8 cm³/mol. The fraction of sp³-hybridized carbons (Fsp3) is 0.846. The molecule has 0 aromatic heterocycles. The first-order valence-corrected chi connectivity index (χ1v) is 6.88. The highest BCUT2D eigenvalue weighted by molar-refractivity contribution is 5.87. The third-order valence-corrected chi connectivity index (χ3v) is 3.12. The third-order valence-electron chi connectivity index (χ3n) is 3.12. The molecule has 1 rings (SSSR count). The van der Waals surface area contributed by atoms with Crippen LogP contribution in [0, 0.1) is 0 Å². The predicted octanol–water partition coefficient (Wildman–Crippen LogP) is -0.262. The number of carbonyl (C=O) groups excluding carboxylic acids is 2. The van der Waals surface area contributed by atoms with Gasteiger partial charge in [-0.05, 0) is 13.0 Å². The van der Waals surface area contributed by atoms with Crippen LogP contribution in [-0.4, -0.2) is 62.1 Å². The van der Waals surface area contributed by atoms with E-state index in [9.17, 15) is 9.59 Å². The number of amides is 2. The summed E-state index contributed by atoms with van der Waals surface area (Å²) in [7, 11) is 1.58. The first-order chi connectivity index (χ1) is 9.06. The van der Waals surface area contributed by atoms with E-state index in [1.165, 1.54) is 0 Å². The minimum absolute atomic E-state index is 0.0301. The summed E-state index contributed by atoms with van der Waals surface area (Å²) in [5, 5.41) is 5.85. The smallest absolute Gasteiger partial charge is 0.244 e. The Morgan fingerprint density at radius 3 is 2.79 bits per heavy atom. The highest BCUT2D eigenvalue weighted by Crippen LogP contribution is 2.10. The summed E-state index contributed by atoms with van der Waals surface area (Å²) in [4.78, 5) is 25.5.